The molecule has 25 heavy (non-hydrogen) atoms. The van der Waals surface area contributed by atoms with Crippen LogP contribution in [0.2, 0.25) is 0 Å². The van der Waals surface area contributed by atoms with Crippen molar-refractivity contribution in [1.82, 2.24) is 24.7 Å². The number of carbonyl (C=O) groups is 1. The van der Waals surface area contributed by atoms with E-state index in [2.05, 4.69) is 35.9 Å². The lowest BCUT2D eigenvalue weighted by Gasteiger charge is -2.35. The minimum atomic E-state index is -0.127. The number of rotatable bonds is 4. The first kappa shape index (κ1) is 17.6. The third-order valence-corrected chi connectivity index (χ3v) is 4.40. The lowest BCUT2D eigenvalue weighted by molar-refractivity contribution is -0.132. The normalized spacial score (nSPS) is 15.8. The number of ether oxygens (including phenoxy) is 1. The molecule has 8 heteroatoms. The van der Waals surface area contributed by atoms with Crippen LogP contribution in [0.5, 0.6) is 0 Å². The minimum Gasteiger partial charge on any atom is -0.384 e. The van der Waals surface area contributed by atoms with E-state index in [1.807, 2.05) is 21.5 Å². The molecule has 1 amide bonds. The number of anilines is 1. The lowest BCUT2D eigenvalue weighted by atomic mass is 9.96. The second-order valence-electron chi connectivity index (χ2n) is 7.35. The maximum absolute atomic E-state index is 12.1. The fourth-order valence-electron chi connectivity index (χ4n) is 2.95. The Hall–Kier alpha value is -2.22. The third kappa shape index (κ3) is 3.73. The van der Waals surface area contributed by atoms with Crippen molar-refractivity contribution in [2.24, 2.45) is 0 Å². The summed E-state index contributed by atoms with van der Waals surface area (Å²) in [5.74, 6) is 1.89. The first-order chi connectivity index (χ1) is 11.9. The first-order valence-corrected chi connectivity index (χ1v) is 8.65. The summed E-state index contributed by atoms with van der Waals surface area (Å²) in [4.78, 5) is 16.2. The predicted octanol–water partition coefficient (Wildman–Crippen LogP) is 1.11. The SMILES string of the molecule is COCCC(=O)N1CCN(c2ccc3nnc(C(C)(C)C)n3n2)CC1. The molecule has 3 heterocycles. The number of hydrogen-bond acceptors (Lipinski definition) is 6. The Morgan fingerprint density at radius 2 is 1.88 bits per heavy atom. The Balaban J connectivity index is 1.72. The van der Waals surface area contributed by atoms with E-state index < -0.39 is 0 Å². The molecule has 1 aliphatic rings. The second kappa shape index (κ2) is 6.95. The molecule has 0 bridgehead atoms. The van der Waals surface area contributed by atoms with E-state index in [1.165, 1.54) is 0 Å². The van der Waals surface area contributed by atoms with Gasteiger partial charge in [-0.2, -0.15) is 4.52 Å². The molecule has 0 aromatic carbocycles. The number of piperazine rings is 1. The summed E-state index contributed by atoms with van der Waals surface area (Å²) in [5, 5.41) is 13.2. The zero-order chi connectivity index (χ0) is 18.0. The van der Waals surface area contributed by atoms with Crippen LogP contribution in [0.1, 0.15) is 33.0 Å². The summed E-state index contributed by atoms with van der Waals surface area (Å²) in [6, 6.07) is 3.92. The van der Waals surface area contributed by atoms with Gasteiger partial charge in [0.2, 0.25) is 5.91 Å². The van der Waals surface area contributed by atoms with Gasteiger partial charge < -0.3 is 14.5 Å². The summed E-state index contributed by atoms with van der Waals surface area (Å²) in [6.07, 6.45) is 0.441. The first-order valence-electron chi connectivity index (χ1n) is 8.65. The Labute approximate surface area is 147 Å². The number of fused-ring (bicyclic) bond motifs is 1. The van der Waals surface area contributed by atoms with Crippen molar-refractivity contribution < 1.29 is 9.53 Å². The predicted molar refractivity (Wildman–Crippen MR) is 94.8 cm³/mol. The standard InChI is InChI=1S/C17H26N6O2/c1-17(2,3)16-19-18-13-5-6-14(20-23(13)16)21-8-10-22(11-9-21)15(24)7-12-25-4/h5-6H,7-12H2,1-4H3. The topological polar surface area (TPSA) is 75.9 Å². The summed E-state index contributed by atoms with van der Waals surface area (Å²) < 4.78 is 6.81. The molecule has 2 aromatic rings. The highest BCUT2D eigenvalue weighted by Crippen LogP contribution is 2.22. The molecule has 136 valence electrons. The fraction of sp³-hybridized carbons (Fsp3) is 0.647. The number of carbonyl (C=O) groups excluding carboxylic acids is 1. The fourth-order valence-corrected chi connectivity index (χ4v) is 2.95. The number of hydrogen-bond donors (Lipinski definition) is 0. The Kier molecular flexibility index (Phi) is 4.89. The quantitative estimate of drug-likeness (QED) is 0.825. The molecule has 8 nitrogen and oxygen atoms in total. The maximum Gasteiger partial charge on any atom is 0.225 e. The molecule has 1 aliphatic heterocycles. The summed E-state index contributed by atoms with van der Waals surface area (Å²) in [5.41, 5.74) is 0.624. The Morgan fingerprint density at radius 3 is 2.52 bits per heavy atom. The summed E-state index contributed by atoms with van der Waals surface area (Å²) in [7, 11) is 1.61. The molecule has 0 spiro atoms. The van der Waals surface area contributed by atoms with E-state index in [1.54, 1.807) is 7.11 Å². The lowest BCUT2D eigenvalue weighted by Crippen LogP contribution is -2.49. The van der Waals surface area contributed by atoms with Gasteiger partial charge in [-0.25, -0.2) is 0 Å². The summed E-state index contributed by atoms with van der Waals surface area (Å²) >= 11 is 0. The van der Waals surface area contributed by atoms with E-state index in [0.717, 1.165) is 30.4 Å². The van der Waals surface area contributed by atoms with Crippen molar-refractivity contribution in [1.29, 1.82) is 0 Å². The van der Waals surface area contributed by atoms with Gasteiger partial charge in [-0.15, -0.1) is 15.3 Å². The molecule has 0 atom stereocenters. The van der Waals surface area contributed by atoms with Gasteiger partial charge in [-0.05, 0) is 12.1 Å². The number of nitrogens with zero attached hydrogens (tertiary/aromatic N) is 6. The van der Waals surface area contributed by atoms with Gasteiger partial charge in [0.15, 0.2) is 11.5 Å². The zero-order valence-corrected chi connectivity index (χ0v) is 15.4. The van der Waals surface area contributed by atoms with E-state index >= 15 is 0 Å². The molecule has 2 aromatic heterocycles. The van der Waals surface area contributed by atoms with Gasteiger partial charge in [-0.1, -0.05) is 20.8 Å². The van der Waals surface area contributed by atoms with Crippen LogP contribution in [-0.4, -0.2) is 70.5 Å². The largest absolute Gasteiger partial charge is 0.384 e. The molecule has 3 rings (SSSR count). The van der Waals surface area contributed by atoms with Crippen LogP contribution in [0.15, 0.2) is 12.1 Å². The van der Waals surface area contributed by atoms with Crippen LogP contribution in [0.3, 0.4) is 0 Å². The number of methoxy groups -OCH3 is 1. The molecule has 0 N–H and O–H groups in total. The molecular weight excluding hydrogens is 320 g/mol. The highest BCUT2D eigenvalue weighted by Gasteiger charge is 2.24. The van der Waals surface area contributed by atoms with Gasteiger partial charge in [0.1, 0.15) is 5.82 Å². The number of amides is 1. The molecule has 0 aliphatic carbocycles. The molecule has 0 saturated carbocycles. The van der Waals surface area contributed by atoms with E-state index in [9.17, 15) is 4.79 Å². The molecule has 0 unspecified atom stereocenters. The monoisotopic (exact) mass is 346 g/mol. The van der Waals surface area contributed by atoms with Gasteiger partial charge in [-0.3, -0.25) is 4.79 Å². The van der Waals surface area contributed by atoms with Gasteiger partial charge in [0.25, 0.3) is 0 Å². The van der Waals surface area contributed by atoms with Gasteiger partial charge in [0.05, 0.1) is 13.0 Å². The smallest absolute Gasteiger partial charge is 0.225 e. The van der Waals surface area contributed by atoms with Crippen molar-refractivity contribution in [3.63, 3.8) is 0 Å². The second-order valence-corrected chi connectivity index (χ2v) is 7.35. The van der Waals surface area contributed by atoms with Gasteiger partial charge >= 0.3 is 0 Å². The van der Waals surface area contributed by atoms with Crippen LogP contribution >= 0.6 is 0 Å². The van der Waals surface area contributed by atoms with Crippen molar-refractivity contribution in [3.05, 3.63) is 18.0 Å². The third-order valence-electron chi connectivity index (χ3n) is 4.40. The van der Waals surface area contributed by atoms with Crippen LogP contribution in [0, 0.1) is 0 Å². The van der Waals surface area contributed by atoms with Crippen LogP contribution in [0.25, 0.3) is 5.65 Å². The molecule has 1 fully saturated rings. The molecule has 0 radical (unpaired) electrons. The van der Waals surface area contributed by atoms with Crippen molar-refractivity contribution in [2.75, 3.05) is 44.8 Å². The average molecular weight is 346 g/mol. The highest BCUT2D eigenvalue weighted by molar-refractivity contribution is 5.76. The van der Waals surface area contributed by atoms with E-state index in [4.69, 9.17) is 9.84 Å². The zero-order valence-electron chi connectivity index (χ0n) is 15.4. The van der Waals surface area contributed by atoms with Crippen LogP contribution in [0.4, 0.5) is 5.82 Å². The van der Waals surface area contributed by atoms with Crippen molar-refractivity contribution >= 4 is 17.4 Å². The van der Waals surface area contributed by atoms with Crippen molar-refractivity contribution in [3.8, 4) is 0 Å². The van der Waals surface area contributed by atoms with E-state index in [-0.39, 0.29) is 11.3 Å². The minimum absolute atomic E-state index is 0.127. The van der Waals surface area contributed by atoms with E-state index in [0.29, 0.717) is 26.1 Å². The number of aromatic nitrogens is 4. The Morgan fingerprint density at radius 1 is 1.16 bits per heavy atom. The highest BCUT2D eigenvalue weighted by atomic mass is 16.5. The average Bonchev–Trinajstić information content (AvgIpc) is 3.03. The molecular formula is C17H26N6O2. The van der Waals surface area contributed by atoms with Crippen LogP contribution < -0.4 is 4.90 Å². The van der Waals surface area contributed by atoms with Crippen molar-refractivity contribution in [2.45, 2.75) is 32.6 Å². The maximum atomic E-state index is 12.1. The summed E-state index contributed by atoms with van der Waals surface area (Å²) in [6.45, 7) is 9.72. The molecule has 1 saturated heterocycles. The van der Waals surface area contributed by atoms with Gasteiger partial charge in [0, 0.05) is 38.7 Å². The Bertz CT molecular complexity index is 743. The van der Waals surface area contributed by atoms with Crippen LogP contribution in [-0.2, 0) is 14.9 Å².